The maximum Gasteiger partial charge on any atom is 0.261 e. The summed E-state index contributed by atoms with van der Waals surface area (Å²) >= 11 is 11.2. The summed E-state index contributed by atoms with van der Waals surface area (Å²) in [6, 6.07) is 16.8. The largest absolute Gasteiger partial charge is 0.279 e. The first kappa shape index (κ1) is 18.1. The fourth-order valence-corrected chi connectivity index (χ4v) is 4.42. The first-order valence-electron chi connectivity index (χ1n) is 8.14. The van der Waals surface area contributed by atoms with Crippen molar-refractivity contribution in [2.45, 2.75) is 6.54 Å². The number of pyridine rings is 1. The molecule has 2 aromatic heterocycles. The Morgan fingerprint density at radius 2 is 1.96 bits per heavy atom. The van der Waals surface area contributed by atoms with Crippen LogP contribution in [0.5, 0.6) is 0 Å². The van der Waals surface area contributed by atoms with Crippen LogP contribution >= 0.6 is 38.9 Å². The Balaban J connectivity index is 1.81. The minimum atomic E-state index is -0.137. The predicted octanol–water partition coefficient (Wildman–Crippen LogP) is 5.95. The predicted molar refractivity (Wildman–Crippen MR) is 114 cm³/mol. The number of fused-ring (bicyclic) bond motifs is 1. The molecule has 0 aliphatic heterocycles. The average Bonchev–Trinajstić information content (AvgIpc) is 3.12. The van der Waals surface area contributed by atoms with Crippen LogP contribution in [-0.4, -0.2) is 15.9 Å². The zero-order chi connectivity index (χ0) is 18.8. The van der Waals surface area contributed by atoms with Gasteiger partial charge in [0.15, 0.2) is 5.13 Å². The van der Waals surface area contributed by atoms with Crippen molar-refractivity contribution in [3.63, 3.8) is 0 Å². The Morgan fingerprint density at radius 3 is 2.70 bits per heavy atom. The first-order chi connectivity index (χ1) is 13.1. The van der Waals surface area contributed by atoms with Crippen LogP contribution in [0.2, 0.25) is 5.02 Å². The topological polar surface area (TPSA) is 46.1 Å². The molecule has 7 heteroatoms. The number of benzene rings is 2. The summed E-state index contributed by atoms with van der Waals surface area (Å²) in [7, 11) is 0. The molecule has 0 spiro atoms. The highest BCUT2D eigenvalue weighted by molar-refractivity contribution is 9.10. The van der Waals surface area contributed by atoms with Crippen LogP contribution in [-0.2, 0) is 6.54 Å². The van der Waals surface area contributed by atoms with Crippen molar-refractivity contribution in [2.24, 2.45) is 0 Å². The quantitative estimate of drug-likeness (QED) is 0.379. The molecule has 1 amide bonds. The van der Waals surface area contributed by atoms with Gasteiger partial charge in [-0.1, -0.05) is 47.2 Å². The molecule has 4 nitrogen and oxygen atoms in total. The molecule has 0 saturated carbocycles. The number of anilines is 1. The first-order valence-corrected chi connectivity index (χ1v) is 10.1. The molecular weight excluding hydrogens is 446 g/mol. The normalized spacial score (nSPS) is 10.9. The number of carbonyl (C=O) groups excluding carboxylic acids is 1. The summed E-state index contributed by atoms with van der Waals surface area (Å²) in [5.41, 5.74) is 2.20. The van der Waals surface area contributed by atoms with E-state index in [0.29, 0.717) is 27.8 Å². The third kappa shape index (κ3) is 3.74. The molecular formula is C20H13BrClN3OS. The van der Waals surface area contributed by atoms with E-state index < -0.39 is 0 Å². The van der Waals surface area contributed by atoms with Crippen LogP contribution in [0.1, 0.15) is 15.9 Å². The molecule has 0 fully saturated rings. The van der Waals surface area contributed by atoms with E-state index in [9.17, 15) is 4.79 Å². The minimum absolute atomic E-state index is 0.137. The molecule has 0 unspecified atom stereocenters. The second-order valence-electron chi connectivity index (χ2n) is 5.82. The van der Waals surface area contributed by atoms with Crippen LogP contribution in [0, 0.1) is 0 Å². The second-order valence-corrected chi connectivity index (χ2v) is 8.09. The number of hydrogen-bond donors (Lipinski definition) is 0. The number of nitrogens with zero attached hydrogens (tertiary/aromatic N) is 3. The van der Waals surface area contributed by atoms with Crippen molar-refractivity contribution in [3.8, 4) is 0 Å². The summed E-state index contributed by atoms with van der Waals surface area (Å²) in [5.74, 6) is -0.137. The van der Waals surface area contributed by atoms with Crippen LogP contribution in [0.15, 0.2) is 71.5 Å². The highest BCUT2D eigenvalue weighted by atomic mass is 79.9. The van der Waals surface area contributed by atoms with Crippen LogP contribution in [0.3, 0.4) is 0 Å². The molecule has 4 rings (SSSR count). The number of hydrogen-bond acceptors (Lipinski definition) is 4. The summed E-state index contributed by atoms with van der Waals surface area (Å²) in [6.45, 7) is 0.367. The standard InChI is InChI=1S/C20H13BrClN3OS/c21-15-7-2-1-6-14(15)19(26)25(12-13-5-4-10-23-11-13)20-24-18-16(22)8-3-9-17(18)27-20/h1-11H,12H2. The molecule has 0 bridgehead atoms. The highest BCUT2D eigenvalue weighted by Crippen LogP contribution is 2.34. The van der Waals surface area contributed by atoms with Gasteiger partial charge in [0.05, 0.1) is 21.8 Å². The molecule has 0 aliphatic carbocycles. The Kier molecular flexibility index (Phi) is 5.20. The summed E-state index contributed by atoms with van der Waals surface area (Å²) in [4.78, 5) is 23.8. The number of halogens is 2. The van der Waals surface area contributed by atoms with E-state index in [1.807, 2.05) is 42.5 Å². The molecule has 0 radical (unpaired) electrons. The Labute approximate surface area is 173 Å². The van der Waals surface area contributed by atoms with Crippen LogP contribution in [0.4, 0.5) is 5.13 Å². The van der Waals surface area contributed by atoms with E-state index >= 15 is 0 Å². The zero-order valence-corrected chi connectivity index (χ0v) is 17.1. The van der Waals surface area contributed by atoms with E-state index in [4.69, 9.17) is 11.6 Å². The third-order valence-electron chi connectivity index (χ3n) is 4.00. The molecule has 0 N–H and O–H groups in total. The maximum absolute atomic E-state index is 13.3. The van der Waals surface area contributed by atoms with Gasteiger partial charge < -0.3 is 0 Å². The minimum Gasteiger partial charge on any atom is -0.279 e. The van der Waals surface area contributed by atoms with Gasteiger partial charge in [0.2, 0.25) is 0 Å². The van der Waals surface area contributed by atoms with Crippen molar-refractivity contribution in [2.75, 3.05) is 4.90 Å². The number of amides is 1. The van der Waals surface area contributed by atoms with Crippen molar-refractivity contribution in [1.29, 1.82) is 0 Å². The van der Waals surface area contributed by atoms with Gasteiger partial charge in [0, 0.05) is 16.9 Å². The van der Waals surface area contributed by atoms with Crippen molar-refractivity contribution >= 4 is 60.1 Å². The fourth-order valence-electron chi connectivity index (χ4n) is 2.70. The van der Waals surface area contributed by atoms with Crippen molar-refractivity contribution < 1.29 is 4.79 Å². The Hall–Kier alpha value is -2.28. The molecule has 0 saturated heterocycles. The van der Waals surface area contributed by atoms with Crippen molar-refractivity contribution in [3.05, 3.63) is 87.6 Å². The summed E-state index contributed by atoms with van der Waals surface area (Å²) in [6.07, 6.45) is 3.46. The van der Waals surface area contributed by atoms with E-state index in [2.05, 4.69) is 25.9 Å². The summed E-state index contributed by atoms with van der Waals surface area (Å²) < 4.78 is 1.68. The number of aromatic nitrogens is 2. The van der Waals surface area contributed by atoms with E-state index in [-0.39, 0.29) is 5.91 Å². The van der Waals surface area contributed by atoms with E-state index in [0.717, 1.165) is 14.7 Å². The highest BCUT2D eigenvalue weighted by Gasteiger charge is 2.23. The van der Waals surface area contributed by atoms with E-state index in [1.165, 1.54) is 11.3 Å². The molecule has 2 heterocycles. The third-order valence-corrected chi connectivity index (χ3v) is 6.04. The lowest BCUT2D eigenvalue weighted by atomic mass is 10.2. The second kappa shape index (κ2) is 7.76. The Morgan fingerprint density at radius 1 is 1.11 bits per heavy atom. The number of para-hydroxylation sites is 1. The van der Waals surface area contributed by atoms with Gasteiger partial charge >= 0.3 is 0 Å². The smallest absolute Gasteiger partial charge is 0.261 e. The van der Waals surface area contributed by atoms with Gasteiger partial charge in [0.1, 0.15) is 5.52 Å². The van der Waals surface area contributed by atoms with Gasteiger partial charge in [-0.2, -0.15) is 0 Å². The van der Waals surface area contributed by atoms with Gasteiger partial charge in [-0.05, 0) is 51.8 Å². The lowest BCUT2D eigenvalue weighted by Crippen LogP contribution is -2.30. The number of thiazole rings is 1. The molecule has 134 valence electrons. The monoisotopic (exact) mass is 457 g/mol. The van der Waals surface area contributed by atoms with Crippen molar-refractivity contribution in [1.82, 2.24) is 9.97 Å². The van der Waals surface area contributed by atoms with Crippen LogP contribution in [0.25, 0.3) is 10.2 Å². The molecule has 27 heavy (non-hydrogen) atoms. The molecule has 4 aromatic rings. The van der Waals surface area contributed by atoms with Gasteiger partial charge in [-0.25, -0.2) is 4.98 Å². The van der Waals surface area contributed by atoms with Gasteiger partial charge in [-0.3, -0.25) is 14.7 Å². The lowest BCUT2D eigenvalue weighted by molar-refractivity contribution is 0.0984. The SMILES string of the molecule is O=C(c1ccccc1Br)N(Cc1cccnc1)c1nc2c(Cl)cccc2s1. The van der Waals surface area contributed by atoms with Gasteiger partial charge in [-0.15, -0.1) is 0 Å². The lowest BCUT2D eigenvalue weighted by Gasteiger charge is -2.20. The van der Waals surface area contributed by atoms with Gasteiger partial charge in [0.25, 0.3) is 5.91 Å². The summed E-state index contributed by atoms with van der Waals surface area (Å²) in [5, 5.41) is 1.17. The average molecular weight is 459 g/mol. The number of carbonyl (C=O) groups is 1. The number of rotatable bonds is 4. The molecule has 2 aromatic carbocycles. The van der Waals surface area contributed by atoms with Crippen LogP contribution < -0.4 is 4.90 Å². The molecule has 0 aliphatic rings. The maximum atomic E-state index is 13.3. The Bertz CT molecular complexity index is 1120. The fraction of sp³-hybridized carbons (Fsp3) is 0.0500. The molecule has 0 atom stereocenters. The zero-order valence-electron chi connectivity index (χ0n) is 14.0. The van der Waals surface area contributed by atoms with E-state index in [1.54, 1.807) is 29.4 Å².